The first-order chi connectivity index (χ1) is 7.70. The Morgan fingerprint density at radius 3 is 3.00 bits per heavy atom. The average Bonchev–Trinajstić information content (AvgIpc) is 2.28. The highest BCUT2D eigenvalue weighted by atomic mass is 16.5. The summed E-state index contributed by atoms with van der Waals surface area (Å²) in [7, 11) is 5.61. The maximum Gasteiger partial charge on any atom is 0.358 e. The predicted molar refractivity (Wildman–Crippen MR) is 60.9 cm³/mol. The third-order valence-electron chi connectivity index (χ3n) is 2.05. The van der Waals surface area contributed by atoms with E-state index in [-0.39, 0.29) is 5.69 Å². The fourth-order valence-corrected chi connectivity index (χ4v) is 1.33. The van der Waals surface area contributed by atoms with Crippen molar-refractivity contribution in [1.29, 1.82) is 0 Å². The molecule has 0 unspecified atom stereocenters. The lowest BCUT2D eigenvalue weighted by Crippen LogP contribution is -2.08. The molecular weight excluding hydrogens is 203 g/mol. The van der Waals surface area contributed by atoms with Crippen molar-refractivity contribution >= 4 is 30.3 Å². The van der Waals surface area contributed by atoms with E-state index in [1.807, 2.05) is 0 Å². The van der Waals surface area contributed by atoms with Crippen molar-refractivity contribution in [3.05, 3.63) is 30.1 Å². The summed E-state index contributed by atoms with van der Waals surface area (Å²) in [6, 6.07) is 5.14. The quantitative estimate of drug-likeness (QED) is 0.540. The molecule has 0 atom stereocenters. The fraction of sp³-hybridized carbons (Fsp3) is 0.182. The molecule has 78 valence electrons. The Kier molecular flexibility index (Phi) is 2.85. The second kappa shape index (κ2) is 4.30. The third-order valence-corrected chi connectivity index (χ3v) is 2.05. The Labute approximate surface area is 94.1 Å². The van der Waals surface area contributed by atoms with Gasteiger partial charge in [-0.25, -0.2) is 9.78 Å². The van der Waals surface area contributed by atoms with Gasteiger partial charge in [0.1, 0.15) is 7.85 Å². The maximum absolute atomic E-state index is 11.4. The Balaban J connectivity index is 2.44. The predicted octanol–water partition coefficient (Wildman–Crippen LogP) is 0.600. The van der Waals surface area contributed by atoms with Gasteiger partial charge in [-0.05, 0) is 19.1 Å². The first-order valence-corrected chi connectivity index (χ1v) is 4.90. The molecule has 2 aromatic rings. The molecule has 2 rings (SSSR count). The molecule has 0 aliphatic carbocycles. The van der Waals surface area contributed by atoms with Crippen LogP contribution >= 0.6 is 0 Å². The summed E-state index contributed by atoms with van der Waals surface area (Å²) in [4.78, 5) is 19.7. The standard InChI is InChI=1S/C11H9BN2O2/c1-2-16-11(15)10-6-13-9-5-7(12)3-4-8(9)14-10/h3-6H,2H2,1H3. The highest BCUT2D eigenvalue weighted by molar-refractivity contribution is 6.33. The lowest BCUT2D eigenvalue weighted by molar-refractivity contribution is 0.0519. The van der Waals surface area contributed by atoms with Gasteiger partial charge in [0.05, 0.1) is 23.8 Å². The normalized spacial score (nSPS) is 10.3. The van der Waals surface area contributed by atoms with Crippen molar-refractivity contribution in [2.24, 2.45) is 0 Å². The van der Waals surface area contributed by atoms with Crippen LogP contribution in [0.3, 0.4) is 0 Å². The van der Waals surface area contributed by atoms with Crippen LogP contribution in [0.1, 0.15) is 17.4 Å². The van der Waals surface area contributed by atoms with E-state index in [1.165, 1.54) is 6.20 Å². The molecule has 1 aromatic heterocycles. The molecular formula is C11H9BN2O2. The molecule has 16 heavy (non-hydrogen) atoms. The summed E-state index contributed by atoms with van der Waals surface area (Å²) >= 11 is 0. The minimum absolute atomic E-state index is 0.208. The van der Waals surface area contributed by atoms with Crippen molar-refractivity contribution in [3.63, 3.8) is 0 Å². The van der Waals surface area contributed by atoms with Crippen LogP contribution in [-0.2, 0) is 4.74 Å². The lowest BCUT2D eigenvalue weighted by Gasteiger charge is -2.02. The number of fused-ring (bicyclic) bond motifs is 1. The monoisotopic (exact) mass is 212 g/mol. The van der Waals surface area contributed by atoms with Crippen LogP contribution in [0.2, 0.25) is 0 Å². The highest BCUT2D eigenvalue weighted by Crippen LogP contribution is 2.07. The second-order valence-corrected chi connectivity index (χ2v) is 3.22. The first-order valence-electron chi connectivity index (χ1n) is 4.90. The van der Waals surface area contributed by atoms with Gasteiger partial charge >= 0.3 is 5.97 Å². The van der Waals surface area contributed by atoms with E-state index in [4.69, 9.17) is 12.6 Å². The number of esters is 1. The number of carbonyl (C=O) groups excluding carboxylic acids is 1. The molecule has 0 amide bonds. The van der Waals surface area contributed by atoms with Gasteiger partial charge in [0.25, 0.3) is 0 Å². The van der Waals surface area contributed by atoms with Crippen molar-refractivity contribution < 1.29 is 9.53 Å². The highest BCUT2D eigenvalue weighted by Gasteiger charge is 2.09. The summed E-state index contributed by atoms with van der Waals surface area (Å²) in [5.74, 6) is -0.464. The lowest BCUT2D eigenvalue weighted by atomic mass is 9.96. The van der Waals surface area contributed by atoms with Gasteiger partial charge in [-0.15, -0.1) is 0 Å². The van der Waals surface area contributed by atoms with Gasteiger partial charge in [-0.2, -0.15) is 0 Å². The molecule has 0 spiro atoms. The molecule has 0 fully saturated rings. The zero-order valence-electron chi connectivity index (χ0n) is 8.80. The molecule has 0 bridgehead atoms. The molecule has 1 heterocycles. The molecule has 2 radical (unpaired) electrons. The Morgan fingerprint density at radius 1 is 1.44 bits per heavy atom. The zero-order chi connectivity index (χ0) is 11.5. The smallest absolute Gasteiger partial charge is 0.358 e. The van der Waals surface area contributed by atoms with Crippen LogP contribution in [0, 0.1) is 0 Å². The molecule has 5 heteroatoms. The largest absolute Gasteiger partial charge is 0.461 e. The number of hydrogen-bond donors (Lipinski definition) is 0. The number of hydrogen-bond acceptors (Lipinski definition) is 4. The molecule has 0 aliphatic rings. The third kappa shape index (κ3) is 2.03. The first kappa shape index (κ1) is 10.6. The van der Waals surface area contributed by atoms with Crippen LogP contribution in [0.15, 0.2) is 24.4 Å². The SMILES string of the molecule is [B]c1ccc2nc(C(=O)OCC)cnc2c1. The van der Waals surface area contributed by atoms with Crippen molar-refractivity contribution in [1.82, 2.24) is 9.97 Å². The van der Waals surface area contributed by atoms with Crippen LogP contribution in [0.5, 0.6) is 0 Å². The number of carbonyl (C=O) groups is 1. The van der Waals surface area contributed by atoms with Crippen LogP contribution in [0.25, 0.3) is 11.0 Å². The Bertz CT molecular complexity index is 542. The molecule has 1 aromatic carbocycles. The van der Waals surface area contributed by atoms with E-state index in [1.54, 1.807) is 25.1 Å². The van der Waals surface area contributed by atoms with Crippen molar-refractivity contribution in [3.8, 4) is 0 Å². The van der Waals surface area contributed by atoms with Gasteiger partial charge < -0.3 is 4.74 Å². The number of rotatable bonds is 2. The second-order valence-electron chi connectivity index (χ2n) is 3.22. The van der Waals surface area contributed by atoms with Crippen LogP contribution < -0.4 is 5.46 Å². The molecule has 4 nitrogen and oxygen atoms in total. The van der Waals surface area contributed by atoms with E-state index >= 15 is 0 Å². The topological polar surface area (TPSA) is 52.1 Å². The zero-order valence-corrected chi connectivity index (χ0v) is 8.80. The number of aromatic nitrogens is 2. The van der Waals surface area contributed by atoms with Gasteiger partial charge in [-0.3, -0.25) is 4.98 Å². The minimum atomic E-state index is -0.464. The van der Waals surface area contributed by atoms with E-state index in [0.717, 1.165) is 0 Å². The van der Waals surface area contributed by atoms with Crippen LogP contribution in [-0.4, -0.2) is 30.4 Å². The van der Waals surface area contributed by atoms with E-state index in [2.05, 4.69) is 9.97 Å². The van der Waals surface area contributed by atoms with Gasteiger partial charge in [0.2, 0.25) is 0 Å². The minimum Gasteiger partial charge on any atom is -0.461 e. The average molecular weight is 212 g/mol. The molecule has 0 N–H and O–H groups in total. The van der Waals surface area contributed by atoms with E-state index in [0.29, 0.717) is 23.1 Å². The van der Waals surface area contributed by atoms with E-state index in [9.17, 15) is 4.79 Å². The number of ether oxygens (including phenoxy) is 1. The molecule has 0 aliphatic heterocycles. The van der Waals surface area contributed by atoms with Crippen molar-refractivity contribution in [2.45, 2.75) is 6.92 Å². The summed E-state index contributed by atoms with van der Waals surface area (Å²) in [5.41, 5.74) is 2.11. The molecule has 0 saturated heterocycles. The van der Waals surface area contributed by atoms with Crippen molar-refractivity contribution in [2.75, 3.05) is 6.61 Å². The maximum atomic E-state index is 11.4. The Morgan fingerprint density at radius 2 is 2.25 bits per heavy atom. The molecule has 0 saturated carbocycles. The van der Waals surface area contributed by atoms with Crippen LogP contribution in [0.4, 0.5) is 0 Å². The summed E-state index contributed by atoms with van der Waals surface area (Å²) < 4.78 is 4.83. The summed E-state index contributed by atoms with van der Waals surface area (Å²) in [6.45, 7) is 2.06. The van der Waals surface area contributed by atoms with E-state index < -0.39 is 5.97 Å². The fourth-order valence-electron chi connectivity index (χ4n) is 1.33. The number of nitrogens with zero attached hydrogens (tertiary/aromatic N) is 2. The summed E-state index contributed by atoms with van der Waals surface area (Å²) in [6.07, 6.45) is 1.39. The van der Waals surface area contributed by atoms with Gasteiger partial charge in [-0.1, -0.05) is 11.5 Å². The van der Waals surface area contributed by atoms with Gasteiger partial charge in [0, 0.05) is 0 Å². The number of benzene rings is 1. The Hall–Kier alpha value is -1.91. The summed E-state index contributed by atoms with van der Waals surface area (Å²) in [5, 5.41) is 0. The van der Waals surface area contributed by atoms with Gasteiger partial charge in [0.15, 0.2) is 5.69 Å².